The summed E-state index contributed by atoms with van der Waals surface area (Å²) in [6, 6.07) is 19.4. The van der Waals surface area contributed by atoms with Gasteiger partial charge in [0.25, 0.3) is 17.7 Å². The summed E-state index contributed by atoms with van der Waals surface area (Å²) in [5.41, 5.74) is 6.19. The zero-order valence-corrected chi connectivity index (χ0v) is 24.4. The summed E-state index contributed by atoms with van der Waals surface area (Å²) in [5, 5.41) is 8.27. The van der Waals surface area contributed by atoms with Crippen LogP contribution in [0.15, 0.2) is 60.7 Å². The summed E-state index contributed by atoms with van der Waals surface area (Å²) in [6.07, 6.45) is 1.78. The Hall–Kier alpha value is -4.69. The lowest BCUT2D eigenvalue weighted by molar-refractivity contribution is -0.110. The topological polar surface area (TPSA) is 97.5 Å². The maximum Gasteiger partial charge on any atom is 0.256 e. The van der Waals surface area contributed by atoms with Crippen molar-refractivity contribution in [1.82, 2.24) is 20.1 Å². The highest BCUT2D eigenvalue weighted by Gasteiger charge is 2.29. The van der Waals surface area contributed by atoms with Gasteiger partial charge >= 0.3 is 0 Å². The molecule has 0 spiro atoms. The second kappa shape index (κ2) is 10.9. The quantitative estimate of drug-likeness (QED) is 0.294. The SMILES string of the molecule is Cc1[nH]c(/C=C2\C(=O)Nc3ccc(C(=O)N[C@H](C)c4ccc5ccccc5c4)cc32)c(C)c1C(=O)N1CCN(C)CC1. The molecule has 3 heterocycles. The normalized spacial score (nSPS) is 16.9. The van der Waals surface area contributed by atoms with Crippen LogP contribution in [0.4, 0.5) is 5.69 Å². The second-order valence-corrected chi connectivity index (χ2v) is 11.3. The number of hydrogen-bond acceptors (Lipinski definition) is 4. The van der Waals surface area contributed by atoms with Crippen molar-refractivity contribution >= 4 is 45.8 Å². The first kappa shape index (κ1) is 27.5. The molecule has 8 nitrogen and oxygen atoms in total. The van der Waals surface area contributed by atoms with E-state index in [0.29, 0.717) is 46.7 Å². The number of benzene rings is 3. The summed E-state index contributed by atoms with van der Waals surface area (Å²) < 4.78 is 0. The fraction of sp³-hybridized carbons (Fsp3) is 0.265. The van der Waals surface area contributed by atoms with E-state index < -0.39 is 0 Å². The van der Waals surface area contributed by atoms with E-state index in [9.17, 15) is 14.4 Å². The molecule has 2 aliphatic rings. The minimum atomic E-state index is -0.245. The highest BCUT2D eigenvalue weighted by Crippen LogP contribution is 2.35. The fourth-order valence-electron chi connectivity index (χ4n) is 5.86. The summed E-state index contributed by atoms with van der Waals surface area (Å²) >= 11 is 0. The number of aromatic amines is 1. The molecule has 2 aliphatic heterocycles. The molecule has 1 fully saturated rings. The van der Waals surface area contributed by atoms with Crippen molar-refractivity contribution in [2.45, 2.75) is 26.8 Å². The van der Waals surface area contributed by atoms with Crippen LogP contribution < -0.4 is 10.6 Å². The number of carbonyl (C=O) groups excluding carboxylic acids is 3. The first-order chi connectivity index (χ1) is 20.2. The lowest BCUT2D eigenvalue weighted by Crippen LogP contribution is -2.47. The molecule has 3 N–H and O–H groups in total. The summed E-state index contributed by atoms with van der Waals surface area (Å²) in [5.74, 6) is -0.454. The Kier molecular flexibility index (Phi) is 7.16. The first-order valence-corrected chi connectivity index (χ1v) is 14.3. The summed E-state index contributed by atoms with van der Waals surface area (Å²) in [6.45, 7) is 8.83. The summed E-state index contributed by atoms with van der Waals surface area (Å²) in [7, 11) is 2.06. The molecule has 8 heteroatoms. The van der Waals surface area contributed by atoms with Crippen LogP contribution in [0.3, 0.4) is 0 Å². The Labute approximate surface area is 245 Å². The molecule has 3 aromatic carbocycles. The number of likely N-dealkylation sites (N-methyl/N-ethyl adjacent to an activating group) is 1. The van der Waals surface area contributed by atoms with E-state index in [1.807, 2.05) is 43.9 Å². The van der Waals surface area contributed by atoms with Gasteiger partial charge in [0.05, 0.1) is 17.2 Å². The number of amides is 3. The van der Waals surface area contributed by atoms with E-state index in [-0.39, 0.29) is 23.8 Å². The number of fused-ring (bicyclic) bond motifs is 2. The third-order valence-electron chi connectivity index (χ3n) is 8.46. The first-order valence-electron chi connectivity index (χ1n) is 14.3. The van der Waals surface area contributed by atoms with Crippen molar-refractivity contribution in [3.8, 4) is 0 Å². The molecule has 214 valence electrons. The molecule has 3 amide bonds. The van der Waals surface area contributed by atoms with Gasteiger partial charge in [-0.05, 0) is 80.1 Å². The van der Waals surface area contributed by atoms with Crippen molar-refractivity contribution in [3.05, 3.63) is 99.9 Å². The lowest BCUT2D eigenvalue weighted by atomic mass is 10.0. The Bertz CT molecular complexity index is 1760. The van der Waals surface area contributed by atoms with E-state index in [4.69, 9.17) is 0 Å². The Morgan fingerprint density at radius 1 is 0.952 bits per heavy atom. The van der Waals surface area contributed by atoms with E-state index in [2.05, 4.69) is 51.8 Å². The van der Waals surface area contributed by atoms with Gasteiger partial charge < -0.3 is 25.4 Å². The molecule has 6 rings (SSSR count). The number of aromatic nitrogens is 1. The maximum atomic E-state index is 13.4. The number of carbonyl (C=O) groups is 3. The highest BCUT2D eigenvalue weighted by atomic mass is 16.2. The van der Waals surface area contributed by atoms with Crippen molar-refractivity contribution in [2.75, 3.05) is 38.5 Å². The number of anilines is 1. The van der Waals surface area contributed by atoms with E-state index in [1.165, 1.54) is 0 Å². The molecular weight excluding hydrogens is 526 g/mol. The number of H-pyrrole nitrogens is 1. The van der Waals surface area contributed by atoms with Crippen molar-refractivity contribution in [1.29, 1.82) is 0 Å². The summed E-state index contributed by atoms with van der Waals surface area (Å²) in [4.78, 5) is 47.1. The van der Waals surface area contributed by atoms with Crippen molar-refractivity contribution < 1.29 is 14.4 Å². The van der Waals surface area contributed by atoms with Gasteiger partial charge in [0, 0.05) is 54.4 Å². The van der Waals surface area contributed by atoms with Crippen LogP contribution in [-0.2, 0) is 4.79 Å². The molecular formula is C34H35N5O3. The maximum absolute atomic E-state index is 13.4. The molecule has 0 unspecified atom stereocenters. The number of piperazine rings is 1. The van der Waals surface area contributed by atoms with Gasteiger partial charge in [-0.3, -0.25) is 14.4 Å². The number of hydrogen-bond donors (Lipinski definition) is 3. The molecule has 0 saturated carbocycles. The molecule has 0 aliphatic carbocycles. The van der Waals surface area contributed by atoms with Gasteiger partial charge in [0.2, 0.25) is 0 Å². The van der Waals surface area contributed by atoms with Crippen LogP contribution in [0.25, 0.3) is 22.4 Å². The number of aryl methyl sites for hydroxylation is 1. The molecule has 0 bridgehead atoms. The molecule has 0 radical (unpaired) electrons. The Morgan fingerprint density at radius 3 is 2.45 bits per heavy atom. The van der Waals surface area contributed by atoms with Crippen LogP contribution in [0, 0.1) is 13.8 Å². The van der Waals surface area contributed by atoms with Crippen LogP contribution >= 0.6 is 0 Å². The van der Waals surface area contributed by atoms with Gasteiger partial charge in [0.1, 0.15) is 0 Å². The second-order valence-electron chi connectivity index (χ2n) is 11.3. The zero-order chi connectivity index (χ0) is 29.5. The Balaban J connectivity index is 1.25. The lowest BCUT2D eigenvalue weighted by Gasteiger charge is -2.32. The third kappa shape index (κ3) is 5.10. The van der Waals surface area contributed by atoms with Crippen LogP contribution in [0.1, 0.15) is 61.8 Å². The molecule has 1 atom stereocenters. The monoisotopic (exact) mass is 561 g/mol. The van der Waals surface area contributed by atoms with Gasteiger partial charge in [-0.1, -0.05) is 36.4 Å². The van der Waals surface area contributed by atoms with Crippen molar-refractivity contribution in [3.63, 3.8) is 0 Å². The van der Waals surface area contributed by atoms with Gasteiger partial charge in [0.15, 0.2) is 0 Å². The van der Waals surface area contributed by atoms with Gasteiger partial charge in [-0.2, -0.15) is 0 Å². The standard InChI is InChI=1S/C34H35N5O3/c1-20-30(35-22(3)31(20)34(42)39-15-13-38(4)14-16-39)19-28-27-18-26(11-12-29(27)37-33(28)41)32(40)36-21(2)24-10-9-23-7-5-6-8-25(23)17-24/h5-12,17-19,21,35H,13-16H2,1-4H3,(H,36,40)(H,37,41)/b28-19-/t21-/m1/s1. The molecule has 1 aromatic heterocycles. The van der Waals surface area contributed by atoms with Crippen molar-refractivity contribution in [2.24, 2.45) is 0 Å². The minimum absolute atomic E-state index is 0.00904. The zero-order valence-electron chi connectivity index (χ0n) is 24.4. The largest absolute Gasteiger partial charge is 0.358 e. The van der Waals surface area contributed by atoms with E-state index in [1.54, 1.807) is 24.3 Å². The van der Waals surface area contributed by atoms with Crippen LogP contribution in [0.2, 0.25) is 0 Å². The smallest absolute Gasteiger partial charge is 0.256 e. The molecule has 1 saturated heterocycles. The van der Waals surface area contributed by atoms with E-state index in [0.717, 1.165) is 40.7 Å². The predicted octanol–water partition coefficient (Wildman–Crippen LogP) is 5.16. The average Bonchev–Trinajstić information content (AvgIpc) is 3.45. The fourth-order valence-corrected chi connectivity index (χ4v) is 5.86. The number of rotatable bonds is 5. The number of nitrogens with one attached hydrogen (secondary N) is 3. The van der Waals surface area contributed by atoms with Crippen LogP contribution in [-0.4, -0.2) is 65.7 Å². The molecule has 42 heavy (non-hydrogen) atoms. The van der Waals surface area contributed by atoms with E-state index >= 15 is 0 Å². The average molecular weight is 562 g/mol. The van der Waals surface area contributed by atoms with Crippen LogP contribution in [0.5, 0.6) is 0 Å². The predicted molar refractivity (Wildman–Crippen MR) is 166 cm³/mol. The number of nitrogens with zero attached hydrogens (tertiary/aromatic N) is 2. The Morgan fingerprint density at radius 2 is 1.69 bits per heavy atom. The highest BCUT2D eigenvalue weighted by molar-refractivity contribution is 6.35. The van der Waals surface area contributed by atoms with Gasteiger partial charge in [-0.25, -0.2) is 0 Å². The minimum Gasteiger partial charge on any atom is -0.358 e. The van der Waals surface area contributed by atoms with Gasteiger partial charge in [-0.15, -0.1) is 0 Å². The third-order valence-corrected chi connectivity index (χ3v) is 8.46. The molecule has 4 aromatic rings.